The van der Waals surface area contributed by atoms with E-state index in [1.807, 2.05) is 24.3 Å². The van der Waals surface area contributed by atoms with Gasteiger partial charge in [-0.2, -0.15) is 11.8 Å². The van der Waals surface area contributed by atoms with Gasteiger partial charge in [-0.25, -0.2) is 9.59 Å². The number of fused-ring (bicyclic) bond motifs is 3. The number of alkyl carbamates (subject to hydrolysis) is 1. The fourth-order valence-corrected chi connectivity index (χ4v) is 6.95. The first-order chi connectivity index (χ1) is 17.0. The molecule has 1 unspecified atom stereocenters. The molecule has 184 valence electrons. The number of hydrogen-bond donors (Lipinski definition) is 2. The molecular formula is C27H30N2O5S. The second kappa shape index (κ2) is 9.93. The Labute approximate surface area is 209 Å². The molecule has 8 heteroatoms. The number of carbonyl (C=O) groups excluding carboxylic acids is 2. The first-order valence-electron chi connectivity index (χ1n) is 12.2. The highest BCUT2D eigenvalue weighted by atomic mass is 32.2. The summed E-state index contributed by atoms with van der Waals surface area (Å²) in [6.07, 6.45) is 2.04. The van der Waals surface area contributed by atoms with Crippen molar-refractivity contribution in [3.63, 3.8) is 0 Å². The smallest absolute Gasteiger partial charge is 0.407 e. The van der Waals surface area contributed by atoms with Gasteiger partial charge in [0.1, 0.15) is 12.6 Å². The van der Waals surface area contributed by atoms with Crippen LogP contribution in [0.2, 0.25) is 0 Å². The minimum absolute atomic E-state index is 0.0337. The number of carboxylic acid groups (broad SMARTS) is 1. The Morgan fingerprint density at radius 1 is 1.03 bits per heavy atom. The Morgan fingerprint density at radius 3 is 2.29 bits per heavy atom. The highest BCUT2D eigenvalue weighted by molar-refractivity contribution is 7.99. The number of carboxylic acids is 1. The molecule has 3 aliphatic rings. The van der Waals surface area contributed by atoms with Crippen LogP contribution in [0, 0.1) is 0 Å². The molecule has 0 spiro atoms. The highest BCUT2D eigenvalue weighted by Gasteiger charge is 2.41. The van der Waals surface area contributed by atoms with E-state index in [4.69, 9.17) is 4.74 Å². The van der Waals surface area contributed by atoms with E-state index in [2.05, 4.69) is 29.6 Å². The largest absolute Gasteiger partial charge is 0.480 e. The first kappa shape index (κ1) is 23.7. The number of benzene rings is 2. The summed E-state index contributed by atoms with van der Waals surface area (Å²) in [5.41, 5.74) is 3.92. The Hall–Kier alpha value is -3.00. The third-order valence-electron chi connectivity index (χ3n) is 7.51. The lowest BCUT2D eigenvalue weighted by molar-refractivity contribution is -0.148. The van der Waals surface area contributed by atoms with Crippen LogP contribution < -0.4 is 5.32 Å². The van der Waals surface area contributed by atoms with Crippen molar-refractivity contribution in [1.29, 1.82) is 0 Å². The number of rotatable bonds is 6. The van der Waals surface area contributed by atoms with Crippen LogP contribution in [0.1, 0.15) is 49.1 Å². The standard InChI is InChI=1S/C27H30N2O5S/c30-24(29-13-5-10-23(29)25(31)32)16-27(11-14-35-15-12-27)28-26(33)34-17-22-20-8-3-1-6-18(20)19-7-2-4-9-21(19)22/h1-4,6-9,22-23H,5,10-17H2,(H,28,33)(H,31,32). The predicted octanol–water partition coefficient (Wildman–Crippen LogP) is 4.26. The molecule has 1 atom stereocenters. The monoisotopic (exact) mass is 494 g/mol. The molecule has 1 aliphatic carbocycles. The molecule has 0 saturated carbocycles. The summed E-state index contributed by atoms with van der Waals surface area (Å²) in [5.74, 6) is 0.460. The molecule has 7 nitrogen and oxygen atoms in total. The number of carbonyl (C=O) groups is 3. The van der Waals surface area contributed by atoms with E-state index in [1.165, 1.54) is 16.0 Å². The molecule has 2 N–H and O–H groups in total. The molecule has 0 radical (unpaired) electrons. The summed E-state index contributed by atoms with van der Waals surface area (Å²) in [6.45, 7) is 0.664. The molecule has 2 aliphatic heterocycles. The van der Waals surface area contributed by atoms with Crippen molar-refractivity contribution in [1.82, 2.24) is 10.2 Å². The van der Waals surface area contributed by atoms with Gasteiger partial charge in [0.2, 0.25) is 5.91 Å². The van der Waals surface area contributed by atoms with E-state index in [1.54, 1.807) is 11.8 Å². The van der Waals surface area contributed by atoms with Crippen LogP contribution >= 0.6 is 11.8 Å². The molecule has 2 fully saturated rings. The molecule has 2 aromatic carbocycles. The lowest BCUT2D eigenvalue weighted by Gasteiger charge is -2.38. The van der Waals surface area contributed by atoms with Crippen LogP contribution in [-0.4, -0.2) is 64.2 Å². The van der Waals surface area contributed by atoms with Crippen molar-refractivity contribution < 1.29 is 24.2 Å². The predicted molar refractivity (Wildman–Crippen MR) is 134 cm³/mol. The second-order valence-electron chi connectivity index (χ2n) is 9.60. The molecule has 2 amide bonds. The quantitative estimate of drug-likeness (QED) is 0.623. The Morgan fingerprint density at radius 2 is 1.66 bits per heavy atom. The van der Waals surface area contributed by atoms with Gasteiger partial charge < -0.3 is 20.1 Å². The second-order valence-corrected chi connectivity index (χ2v) is 10.8. The maximum Gasteiger partial charge on any atom is 0.407 e. The molecule has 2 saturated heterocycles. The fourth-order valence-electron chi connectivity index (χ4n) is 5.67. The van der Waals surface area contributed by atoms with Crippen LogP contribution in [0.15, 0.2) is 48.5 Å². The van der Waals surface area contributed by atoms with Gasteiger partial charge in [0.25, 0.3) is 0 Å². The Kier molecular flexibility index (Phi) is 6.73. The summed E-state index contributed by atoms with van der Waals surface area (Å²) in [4.78, 5) is 39.2. The molecule has 2 heterocycles. The SMILES string of the molecule is O=C(NC1(CC(=O)N2CCCC2C(=O)O)CCSCC1)OCC1c2ccccc2-c2ccccc21. The van der Waals surface area contributed by atoms with Gasteiger partial charge in [-0.15, -0.1) is 0 Å². The van der Waals surface area contributed by atoms with Gasteiger partial charge in [0, 0.05) is 12.5 Å². The van der Waals surface area contributed by atoms with E-state index in [9.17, 15) is 19.5 Å². The van der Waals surface area contributed by atoms with Gasteiger partial charge in [0.15, 0.2) is 0 Å². The van der Waals surface area contributed by atoms with E-state index >= 15 is 0 Å². The van der Waals surface area contributed by atoms with Crippen molar-refractivity contribution in [2.24, 2.45) is 0 Å². The van der Waals surface area contributed by atoms with E-state index in [0.29, 0.717) is 32.2 Å². The van der Waals surface area contributed by atoms with Crippen molar-refractivity contribution >= 4 is 29.7 Å². The summed E-state index contributed by atoms with van der Waals surface area (Å²) in [6, 6.07) is 15.6. The van der Waals surface area contributed by atoms with E-state index in [-0.39, 0.29) is 24.9 Å². The minimum atomic E-state index is -0.964. The maximum absolute atomic E-state index is 13.1. The zero-order valence-corrected chi connectivity index (χ0v) is 20.4. The molecule has 5 rings (SSSR count). The van der Waals surface area contributed by atoms with Gasteiger partial charge in [0.05, 0.1) is 12.0 Å². The van der Waals surface area contributed by atoms with Gasteiger partial charge in [-0.1, -0.05) is 48.5 Å². The lowest BCUT2D eigenvalue weighted by atomic mass is 9.87. The summed E-state index contributed by atoms with van der Waals surface area (Å²) in [5, 5.41) is 12.5. The average molecular weight is 495 g/mol. The highest BCUT2D eigenvalue weighted by Crippen LogP contribution is 2.44. The third kappa shape index (κ3) is 4.76. The van der Waals surface area contributed by atoms with Crippen LogP contribution in [0.5, 0.6) is 0 Å². The van der Waals surface area contributed by atoms with Crippen molar-refractivity contribution in [2.45, 2.75) is 49.6 Å². The van der Waals surface area contributed by atoms with Gasteiger partial charge in [-0.3, -0.25) is 4.79 Å². The number of thioether (sulfide) groups is 1. The summed E-state index contributed by atoms with van der Waals surface area (Å²) < 4.78 is 5.76. The number of amides is 2. The van der Waals surface area contributed by atoms with Crippen LogP contribution in [0.3, 0.4) is 0 Å². The zero-order valence-electron chi connectivity index (χ0n) is 19.6. The number of nitrogens with zero attached hydrogens (tertiary/aromatic N) is 1. The number of ether oxygens (including phenoxy) is 1. The Balaban J connectivity index is 1.27. The van der Waals surface area contributed by atoms with Crippen LogP contribution in [0.4, 0.5) is 4.79 Å². The Bertz CT molecular complexity index is 1080. The fraction of sp³-hybridized carbons (Fsp3) is 0.444. The van der Waals surface area contributed by atoms with E-state index in [0.717, 1.165) is 22.6 Å². The van der Waals surface area contributed by atoms with Crippen molar-refractivity contribution in [3.05, 3.63) is 59.7 Å². The molecule has 0 aromatic heterocycles. The topological polar surface area (TPSA) is 95.9 Å². The molecule has 2 aromatic rings. The number of aliphatic carboxylic acids is 1. The molecule has 35 heavy (non-hydrogen) atoms. The van der Waals surface area contributed by atoms with Gasteiger partial charge >= 0.3 is 12.1 Å². The maximum atomic E-state index is 13.1. The summed E-state index contributed by atoms with van der Waals surface area (Å²) in [7, 11) is 0. The average Bonchev–Trinajstić information content (AvgIpc) is 3.47. The van der Waals surface area contributed by atoms with E-state index < -0.39 is 23.6 Å². The first-order valence-corrected chi connectivity index (χ1v) is 13.4. The van der Waals surface area contributed by atoms with Crippen molar-refractivity contribution in [3.8, 4) is 11.1 Å². The van der Waals surface area contributed by atoms with Crippen molar-refractivity contribution in [2.75, 3.05) is 24.7 Å². The number of likely N-dealkylation sites (tertiary alicyclic amines) is 1. The van der Waals surface area contributed by atoms with Crippen LogP contribution in [0.25, 0.3) is 11.1 Å². The molecule has 0 bridgehead atoms. The van der Waals surface area contributed by atoms with Gasteiger partial charge in [-0.05, 0) is 59.4 Å². The minimum Gasteiger partial charge on any atom is -0.480 e. The zero-order chi connectivity index (χ0) is 24.4. The summed E-state index contributed by atoms with van der Waals surface area (Å²) >= 11 is 1.80. The number of nitrogens with one attached hydrogen (secondary N) is 1. The number of hydrogen-bond acceptors (Lipinski definition) is 5. The third-order valence-corrected chi connectivity index (χ3v) is 8.49. The lowest BCUT2D eigenvalue weighted by Crippen LogP contribution is -2.54. The molecular weight excluding hydrogens is 464 g/mol. The normalized spacial score (nSPS) is 20.7. The van der Waals surface area contributed by atoms with Crippen LogP contribution in [-0.2, 0) is 14.3 Å².